The Kier molecular flexibility index (Phi) is 8.12. The first-order valence-electron chi connectivity index (χ1n) is 10.5. The van der Waals surface area contributed by atoms with E-state index in [2.05, 4.69) is 20.8 Å². The van der Waals surface area contributed by atoms with Gasteiger partial charge in [-0.3, -0.25) is 9.79 Å². The number of aliphatic imine (C=N–C) groups is 1. The zero-order valence-electron chi connectivity index (χ0n) is 17.3. The maximum atomic E-state index is 12.6. The van der Waals surface area contributed by atoms with Crippen molar-refractivity contribution in [1.82, 2.24) is 20.7 Å². The molecule has 1 saturated carbocycles. The molecule has 1 atom stereocenters. The Morgan fingerprint density at radius 2 is 2.00 bits per heavy atom. The number of hydrogen-bond donors (Lipinski definition) is 2. The quantitative estimate of drug-likeness (QED) is 0.357. The van der Waals surface area contributed by atoms with Crippen LogP contribution in [0.5, 0.6) is 0 Å². The summed E-state index contributed by atoms with van der Waals surface area (Å²) >= 11 is 0. The van der Waals surface area contributed by atoms with E-state index < -0.39 is 0 Å². The second kappa shape index (κ2) is 10.8. The molecule has 1 aliphatic carbocycles. The Labute approximate surface area is 194 Å². The van der Waals surface area contributed by atoms with Crippen LogP contribution in [-0.2, 0) is 11.3 Å². The lowest BCUT2D eigenvalue weighted by atomic mass is 10.1. The molecule has 1 saturated heterocycles. The highest BCUT2D eigenvalue weighted by atomic mass is 127. The summed E-state index contributed by atoms with van der Waals surface area (Å²) in [4.78, 5) is 18.9. The van der Waals surface area contributed by atoms with Gasteiger partial charge in [0, 0.05) is 43.7 Å². The number of nitrogens with zero attached hydrogens (tertiary/aromatic N) is 3. The third kappa shape index (κ3) is 5.53. The molecule has 1 unspecified atom stereocenters. The Morgan fingerprint density at radius 3 is 2.73 bits per heavy atom. The lowest BCUT2D eigenvalue weighted by molar-refractivity contribution is -0.134. The molecule has 1 aliphatic heterocycles. The van der Waals surface area contributed by atoms with E-state index in [9.17, 15) is 4.79 Å². The summed E-state index contributed by atoms with van der Waals surface area (Å²) in [6, 6.07) is 12.1. The van der Waals surface area contributed by atoms with E-state index in [0.717, 1.165) is 55.3 Å². The number of hydrogen-bond acceptors (Lipinski definition) is 4. The molecule has 2 N–H and O–H groups in total. The van der Waals surface area contributed by atoms with E-state index in [0.29, 0.717) is 12.5 Å². The molecule has 2 heterocycles. The van der Waals surface area contributed by atoms with Gasteiger partial charge in [-0.05, 0) is 19.3 Å². The van der Waals surface area contributed by atoms with Crippen LogP contribution in [0.15, 0.2) is 45.9 Å². The Hall–Kier alpha value is -2.10. The van der Waals surface area contributed by atoms with Crippen LogP contribution in [0.2, 0.25) is 0 Å². The van der Waals surface area contributed by atoms with Gasteiger partial charge in [0.05, 0.1) is 6.54 Å². The first kappa shape index (κ1) is 22.6. The zero-order valence-corrected chi connectivity index (χ0v) is 19.7. The average molecular weight is 523 g/mol. The molecule has 7 nitrogen and oxygen atoms in total. The predicted octanol–water partition coefficient (Wildman–Crippen LogP) is 3.42. The van der Waals surface area contributed by atoms with E-state index in [1.165, 1.54) is 12.8 Å². The Morgan fingerprint density at radius 1 is 1.23 bits per heavy atom. The first-order chi connectivity index (χ1) is 14.2. The van der Waals surface area contributed by atoms with Crippen molar-refractivity contribution < 1.29 is 9.32 Å². The van der Waals surface area contributed by atoms with Gasteiger partial charge in [0.2, 0.25) is 5.91 Å². The number of halogens is 1. The van der Waals surface area contributed by atoms with Gasteiger partial charge >= 0.3 is 0 Å². The van der Waals surface area contributed by atoms with Crippen LogP contribution in [0.1, 0.15) is 37.8 Å². The van der Waals surface area contributed by atoms with Gasteiger partial charge in [-0.1, -0.05) is 48.3 Å². The molecule has 2 aromatic rings. The molecule has 162 valence electrons. The van der Waals surface area contributed by atoms with Crippen LogP contribution in [0, 0.1) is 5.92 Å². The summed E-state index contributed by atoms with van der Waals surface area (Å²) in [6.07, 6.45) is 5.44. The van der Waals surface area contributed by atoms with Crippen LogP contribution in [0.4, 0.5) is 0 Å². The number of likely N-dealkylation sites (tertiary alicyclic amines) is 1. The van der Waals surface area contributed by atoms with Crippen molar-refractivity contribution in [3.63, 3.8) is 0 Å². The summed E-state index contributed by atoms with van der Waals surface area (Å²) in [5.41, 5.74) is 1.82. The summed E-state index contributed by atoms with van der Waals surface area (Å²) in [5, 5.41) is 10.9. The molecule has 1 aromatic heterocycles. The summed E-state index contributed by atoms with van der Waals surface area (Å²) in [5.74, 6) is 2.06. The summed E-state index contributed by atoms with van der Waals surface area (Å²) in [7, 11) is 1.75. The molecule has 8 heteroatoms. The van der Waals surface area contributed by atoms with E-state index in [1.54, 1.807) is 7.05 Å². The molecule has 1 amide bonds. The monoisotopic (exact) mass is 523 g/mol. The number of aromatic nitrogens is 1. The minimum absolute atomic E-state index is 0. The second-order valence-corrected chi connectivity index (χ2v) is 7.87. The molecular formula is C22H30IN5O2. The Bertz CT molecular complexity index is 848. The highest BCUT2D eigenvalue weighted by Crippen LogP contribution is 2.27. The molecule has 30 heavy (non-hydrogen) atoms. The molecule has 1 aromatic carbocycles. The van der Waals surface area contributed by atoms with E-state index in [1.807, 2.05) is 41.3 Å². The van der Waals surface area contributed by atoms with Crippen molar-refractivity contribution in [2.45, 2.75) is 44.7 Å². The number of guanidine groups is 1. The van der Waals surface area contributed by atoms with Crippen molar-refractivity contribution in [2.75, 3.05) is 20.1 Å². The van der Waals surface area contributed by atoms with E-state index in [-0.39, 0.29) is 35.9 Å². The van der Waals surface area contributed by atoms with Crippen molar-refractivity contribution in [2.24, 2.45) is 10.9 Å². The molecule has 2 aliphatic rings. The highest BCUT2D eigenvalue weighted by molar-refractivity contribution is 14.0. The smallest absolute Gasteiger partial charge is 0.225 e. The van der Waals surface area contributed by atoms with Crippen molar-refractivity contribution >= 4 is 35.8 Å². The van der Waals surface area contributed by atoms with Gasteiger partial charge in [-0.2, -0.15) is 0 Å². The third-order valence-corrected chi connectivity index (χ3v) is 5.82. The second-order valence-electron chi connectivity index (χ2n) is 7.87. The van der Waals surface area contributed by atoms with Gasteiger partial charge in [-0.15, -0.1) is 24.0 Å². The maximum absolute atomic E-state index is 12.6. The third-order valence-electron chi connectivity index (χ3n) is 5.82. The van der Waals surface area contributed by atoms with Crippen molar-refractivity contribution in [3.8, 4) is 11.3 Å². The van der Waals surface area contributed by atoms with Gasteiger partial charge in [-0.25, -0.2) is 0 Å². The van der Waals surface area contributed by atoms with Gasteiger partial charge in [0.1, 0.15) is 5.69 Å². The zero-order chi connectivity index (χ0) is 20.1. The fourth-order valence-electron chi connectivity index (χ4n) is 4.21. The fraction of sp³-hybridized carbons (Fsp3) is 0.500. The van der Waals surface area contributed by atoms with Crippen LogP contribution in [-0.4, -0.2) is 48.1 Å². The maximum Gasteiger partial charge on any atom is 0.225 e. The number of carbonyl (C=O) groups excluding carboxylic acids is 1. The molecule has 0 bridgehead atoms. The number of benzene rings is 1. The average Bonchev–Trinajstić information content (AvgIpc) is 3.53. The standard InChI is InChI=1S/C22H29N5O2.HI/c1-23-22(24-14-19-13-20(29-26-19)16-7-3-2-4-8-16)25-18-11-12-27(15-18)21(28)17-9-5-6-10-17;/h2-4,7-8,13,17-18H,5-6,9-12,14-15H2,1H3,(H2,23,24,25);1H. The summed E-state index contributed by atoms with van der Waals surface area (Å²) in [6.45, 7) is 2.10. The SMILES string of the molecule is CN=C(NCc1cc(-c2ccccc2)on1)NC1CCN(C(=O)C2CCCC2)C1.I. The Balaban J connectivity index is 0.00000256. The number of amides is 1. The summed E-state index contributed by atoms with van der Waals surface area (Å²) < 4.78 is 5.44. The number of carbonyl (C=O) groups is 1. The lowest BCUT2D eigenvalue weighted by Crippen LogP contribution is -2.45. The topological polar surface area (TPSA) is 82.8 Å². The van der Waals surface area contributed by atoms with E-state index in [4.69, 9.17) is 4.52 Å². The number of rotatable bonds is 5. The number of nitrogens with one attached hydrogen (secondary N) is 2. The largest absolute Gasteiger partial charge is 0.356 e. The molecular weight excluding hydrogens is 493 g/mol. The van der Waals surface area contributed by atoms with E-state index >= 15 is 0 Å². The lowest BCUT2D eigenvalue weighted by Gasteiger charge is -2.21. The van der Waals surface area contributed by atoms with Crippen molar-refractivity contribution in [3.05, 3.63) is 42.1 Å². The molecule has 4 rings (SSSR count). The minimum atomic E-state index is 0. The minimum Gasteiger partial charge on any atom is -0.356 e. The normalized spacial score (nSPS) is 19.6. The highest BCUT2D eigenvalue weighted by Gasteiger charge is 2.32. The first-order valence-corrected chi connectivity index (χ1v) is 10.5. The molecule has 0 spiro atoms. The van der Waals surface area contributed by atoms with Crippen LogP contribution in [0.3, 0.4) is 0 Å². The van der Waals surface area contributed by atoms with Crippen LogP contribution < -0.4 is 10.6 Å². The predicted molar refractivity (Wildman–Crippen MR) is 128 cm³/mol. The molecule has 2 fully saturated rings. The van der Waals surface area contributed by atoms with Crippen LogP contribution >= 0.6 is 24.0 Å². The fourth-order valence-corrected chi connectivity index (χ4v) is 4.21. The van der Waals surface area contributed by atoms with Crippen molar-refractivity contribution in [1.29, 1.82) is 0 Å². The molecule has 0 radical (unpaired) electrons. The van der Waals surface area contributed by atoms with Gasteiger partial charge in [0.15, 0.2) is 11.7 Å². The van der Waals surface area contributed by atoms with Gasteiger partial charge in [0.25, 0.3) is 0 Å². The van der Waals surface area contributed by atoms with Gasteiger partial charge < -0.3 is 20.1 Å². The van der Waals surface area contributed by atoms with Crippen LogP contribution in [0.25, 0.3) is 11.3 Å².